The number of nitrogens with one attached hydrogen (secondary N) is 2. The number of hydrogen-bond donors (Lipinski definition) is 2. The predicted octanol–water partition coefficient (Wildman–Crippen LogP) is 4.52. The van der Waals surface area contributed by atoms with Crippen molar-refractivity contribution in [3.8, 4) is 0 Å². The Morgan fingerprint density at radius 3 is 2.29 bits per heavy atom. The van der Waals surface area contributed by atoms with Crippen LogP contribution in [-0.4, -0.2) is 12.7 Å². The fraction of sp³-hybridized carbons (Fsp3) is 0.188. The van der Waals surface area contributed by atoms with Crippen LogP contribution in [-0.2, 0) is 11.3 Å². The van der Waals surface area contributed by atoms with Gasteiger partial charge >= 0.3 is 6.09 Å². The molecular formula is C16H17ClN2O2. The molecule has 0 heterocycles. The van der Waals surface area contributed by atoms with Gasteiger partial charge in [-0.2, -0.15) is 0 Å². The molecule has 0 atom stereocenters. The Morgan fingerprint density at radius 2 is 1.67 bits per heavy atom. The van der Waals surface area contributed by atoms with Gasteiger partial charge in [-0.15, -0.1) is 0 Å². The van der Waals surface area contributed by atoms with Crippen LogP contribution in [0, 0.1) is 0 Å². The summed E-state index contributed by atoms with van der Waals surface area (Å²) in [5, 5.41) is 6.67. The number of carbonyl (C=O) groups excluding carboxylic acids is 1. The first-order valence-electron chi connectivity index (χ1n) is 6.69. The van der Waals surface area contributed by atoms with Crippen molar-refractivity contribution in [2.45, 2.75) is 13.5 Å². The van der Waals surface area contributed by atoms with Gasteiger partial charge in [-0.1, -0.05) is 23.7 Å². The number of anilines is 2. The highest BCUT2D eigenvalue weighted by Crippen LogP contribution is 2.15. The zero-order valence-corrected chi connectivity index (χ0v) is 12.5. The van der Waals surface area contributed by atoms with E-state index in [0.29, 0.717) is 18.8 Å². The van der Waals surface area contributed by atoms with Crippen LogP contribution in [0.2, 0.25) is 5.02 Å². The van der Waals surface area contributed by atoms with E-state index in [1.54, 1.807) is 6.92 Å². The van der Waals surface area contributed by atoms with Gasteiger partial charge in [-0.3, -0.25) is 5.32 Å². The Balaban J connectivity index is 1.87. The third kappa shape index (κ3) is 5.00. The van der Waals surface area contributed by atoms with Crippen molar-refractivity contribution >= 4 is 29.1 Å². The number of amides is 1. The number of rotatable bonds is 5. The van der Waals surface area contributed by atoms with Crippen LogP contribution >= 0.6 is 11.6 Å². The zero-order valence-electron chi connectivity index (χ0n) is 11.7. The molecule has 2 aromatic carbocycles. The molecule has 0 fully saturated rings. The molecule has 0 radical (unpaired) electrons. The van der Waals surface area contributed by atoms with Crippen molar-refractivity contribution in [1.82, 2.24) is 0 Å². The second kappa shape index (κ2) is 7.55. The summed E-state index contributed by atoms with van der Waals surface area (Å²) in [6.07, 6.45) is -0.440. The van der Waals surface area contributed by atoms with E-state index >= 15 is 0 Å². The second-order valence-corrected chi connectivity index (χ2v) is 4.84. The maximum Gasteiger partial charge on any atom is 0.411 e. The number of ether oxygens (including phenoxy) is 1. The summed E-state index contributed by atoms with van der Waals surface area (Å²) in [7, 11) is 0. The monoisotopic (exact) mass is 304 g/mol. The molecule has 110 valence electrons. The Kier molecular flexibility index (Phi) is 5.46. The zero-order chi connectivity index (χ0) is 15.1. The quantitative estimate of drug-likeness (QED) is 0.854. The minimum absolute atomic E-state index is 0.356. The van der Waals surface area contributed by atoms with Crippen molar-refractivity contribution in [1.29, 1.82) is 0 Å². The molecule has 0 spiro atoms. The van der Waals surface area contributed by atoms with Gasteiger partial charge in [0.25, 0.3) is 0 Å². The number of hydrogen-bond acceptors (Lipinski definition) is 3. The third-order valence-corrected chi connectivity index (χ3v) is 3.07. The maximum absolute atomic E-state index is 11.3. The van der Waals surface area contributed by atoms with Gasteiger partial charge in [-0.05, 0) is 48.9 Å². The summed E-state index contributed by atoms with van der Waals surface area (Å²) in [5.41, 5.74) is 2.83. The molecule has 4 nitrogen and oxygen atoms in total. The Bertz CT molecular complexity index is 582. The molecular weight excluding hydrogens is 288 g/mol. The molecule has 0 aliphatic carbocycles. The first-order chi connectivity index (χ1) is 10.2. The lowest BCUT2D eigenvalue weighted by atomic mass is 10.2. The van der Waals surface area contributed by atoms with E-state index in [9.17, 15) is 4.79 Å². The summed E-state index contributed by atoms with van der Waals surface area (Å²) < 4.78 is 4.82. The highest BCUT2D eigenvalue weighted by Gasteiger charge is 2.01. The van der Waals surface area contributed by atoms with Crippen LogP contribution < -0.4 is 10.6 Å². The van der Waals surface area contributed by atoms with Crippen LogP contribution in [0.25, 0.3) is 0 Å². The SMILES string of the molecule is CCOC(=O)Nc1ccc(CNc2ccc(Cl)cc2)cc1. The molecule has 2 aromatic rings. The molecule has 0 saturated carbocycles. The molecule has 0 unspecified atom stereocenters. The first kappa shape index (κ1) is 15.2. The largest absolute Gasteiger partial charge is 0.450 e. The Morgan fingerprint density at radius 1 is 1.05 bits per heavy atom. The lowest BCUT2D eigenvalue weighted by molar-refractivity contribution is 0.168. The molecule has 1 amide bonds. The van der Waals surface area contributed by atoms with Crippen LogP contribution in [0.5, 0.6) is 0 Å². The van der Waals surface area contributed by atoms with Crippen LogP contribution in [0.4, 0.5) is 16.2 Å². The predicted molar refractivity (Wildman–Crippen MR) is 85.9 cm³/mol. The van der Waals surface area contributed by atoms with Crippen LogP contribution in [0.1, 0.15) is 12.5 Å². The van der Waals surface area contributed by atoms with E-state index in [2.05, 4.69) is 10.6 Å². The van der Waals surface area contributed by atoms with E-state index in [1.165, 1.54) is 0 Å². The van der Waals surface area contributed by atoms with Gasteiger partial charge in [0, 0.05) is 22.9 Å². The van der Waals surface area contributed by atoms with Crippen LogP contribution in [0.15, 0.2) is 48.5 Å². The molecule has 0 bridgehead atoms. The standard InChI is InChI=1S/C16H17ClN2O2/c1-2-21-16(20)19-15-7-3-12(4-8-15)11-18-14-9-5-13(17)6-10-14/h3-10,18H,2,11H2,1H3,(H,19,20). The number of halogens is 1. The third-order valence-electron chi connectivity index (χ3n) is 2.82. The van der Waals surface area contributed by atoms with E-state index in [4.69, 9.17) is 16.3 Å². The van der Waals surface area contributed by atoms with Crippen molar-refractivity contribution in [3.05, 3.63) is 59.1 Å². The normalized spacial score (nSPS) is 10.0. The average Bonchev–Trinajstić information content (AvgIpc) is 2.48. The molecule has 5 heteroatoms. The van der Waals surface area contributed by atoms with Crippen molar-refractivity contribution in [2.75, 3.05) is 17.2 Å². The second-order valence-electron chi connectivity index (χ2n) is 4.40. The molecule has 0 saturated heterocycles. The lowest BCUT2D eigenvalue weighted by Gasteiger charge is -2.08. The minimum atomic E-state index is -0.440. The Labute approximate surface area is 129 Å². The van der Waals surface area contributed by atoms with Gasteiger partial charge in [0.15, 0.2) is 0 Å². The topological polar surface area (TPSA) is 50.4 Å². The summed E-state index contributed by atoms with van der Waals surface area (Å²) in [6, 6.07) is 15.1. The van der Waals surface area contributed by atoms with Gasteiger partial charge < -0.3 is 10.1 Å². The van der Waals surface area contributed by atoms with Crippen LogP contribution in [0.3, 0.4) is 0 Å². The summed E-state index contributed by atoms with van der Waals surface area (Å²) in [4.78, 5) is 11.3. The summed E-state index contributed by atoms with van der Waals surface area (Å²) in [6.45, 7) is 2.82. The van der Waals surface area contributed by atoms with Crippen molar-refractivity contribution in [3.63, 3.8) is 0 Å². The van der Waals surface area contributed by atoms with Crippen molar-refractivity contribution in [2.24, 2.45) is 0 Å². The van der Waals surface area contributed by atoms with Gasteiger partial charge in [0.2, 0.25) is 0 Å². The van der Waals surface area contributed by atoms with Gasteiger partial charge in [-0.25, -0.2) is 4.79 Å². The fourth-order valence-electron chi connectivity index (χ4n) is 1.76. The van der Waals surface area contributed by atoms with E-state index in [0.717, 1.165) is 16.3 Å². The molecule has 2 rings (SSSR count). The average molecular weight is 305 g/mol. The molecule has 2 N–H and O–H groups in total. The highest BCUT2D eigenvalue weighted by atomic mass is 35.5. The number of benzene rings is 2. The minimum Gasteiger partial charge on any atom is -0.450 e. The summed E-state index contributed by atoms with van der Waals surface area (Å²) in [5.74, 6) is 0. The Hall–Kier alpha value is -2.20. The van der Waals surface area contributed by atoms with Gasteiger partial charge in [0.1, 0.15) is 0 Å². The van der Waals surface area contributed by atoms with Gasteiger partial charge in [0.05, 0.1) is 6.61 Å². The number of carbonyl (C=O) groups is 1. The maximum atomic E-state index is 11.3. The lowest BCUT2D eigenvalue weighted by Crippen LogP contribution is -2.13. The summed E-state index contributed by atoms with van der Waals surface area (Å²) >= 11 is 5.84. The van der Waals surface area contributed by atoms with E-state index in [1.807, 2.05) is 48.5 Å². The fourth-order valence-corrected chi connectivity index (χ4v) is 1.89. The molecule has 0 aromatic heterocycles. The smallest absolute Gasteiger partial charge is 0.411 e. The molecule has 0 aliphatic heterocycles. The first-order valence-corrected chi connectivity index (χ1v) is 7.07. The van der Waals surface area contributed by atoms with E-state index < -0.39 is 6.09 Å². The molecule has 21 heavy (non-hydrogen) atoms. The van der Waals surface area contributed by atoms with E-state index in [-0.39, 0.29) is 0 Å². The highest BCUT2D eigenvalue weighted by molar-refractivity contribution is 6.30. The van der Waals surface area contributed by atoms with Crippen molar-refractivity contribution < 1.29 is 9.53 Å². The molecule has 0 aliphatic rings.